The maximum atomic E-state index is 13.7. The second kappa shape index (κ2) is 6.04. The summed E-state index contributed by atoms with van der Waals surface area (Å²) in [7, 11) is -2.57. The van der Waals surface area contributed by atoms with Crippen molar-refractivity contribution in [2.45, 2.75) is 4.90 Å². The van der Waals surface area contributed by atoms with Crippen LogP contribution in [-0.2, 0) is 17.1 Å². The molecule has 3 rings (SSSR count). The average molecular weight is 349 g/mol. The average Bonchev–Trinajstić information content (AvgIpc) is 2.94. The molecule has 0 fully saturated rings. The van der Waals surface area contributed by atoms with Crippen molar-refractivity contribution in [3.8, 4) is 11.3 Å². The van der Waals surface area contributed by atoms with Gasteiger partial charge in [0.15, 0.2) is 0 Å². The van der Waals surface area contributed by atoms with E-state index in [9.17, 15) is 17.2 Å². The first kappa shape index (κ1) is 16.1. The molecule has 0 bridgehead atoms. The molecule has 0 aliphatic carbocycles. The largest absolute Gasteiger partial charge is 0.276 e. The van der Waals surface area contributed by atoms with Gasteiger partial charge in [-0.1, -0.05) is 30.3 Å². The normalized spacial score (nSPS) is 11.5. The summed E-state index contributed by atoms with van der Waals surface area (Å²) in [6.45, 7) is 0. The van der Waals surface area contributed by atoms with Crippen molar-refractivity contribution in [3.05, 3.63) is 66.4 Å². The van der Waals surface area contributed by atoms with Gasteiger partial charge in [-0.25, -0.2) is 17.2 Å². The van der Waals surface area contributed by atoms with E-state index in [1.807, 2.05) is 0 Å². The quantitative estimate of drug-likeness (QED) is 0.787. The Morgan fingerprint density at radius 2 is 1.79 bits per heavy atom. The minimum Gasteiger partial charge on any atom is -0.276 e. The van der Waals surface area contributed by atoms with Crippen molar-refractivity contribution in [2.24, 2.45) is 7.05 Å². The van der Waals surface area contributed by atoms with Crippen molar-refractivity contribution in [2.75, 3.05) is 4.72 Å². The lowest BCUT2D eigenvalue weighted by atomic mass is 10.2. The molecule has 0 saturated carbocycles. The molecule has 1 aromatic heterocycles. The summed E-state index contributed by atoms with van der Waals surface area (Å²) in [6, 6.07) is 11.3. The van der Waals surface area contributed by atoms with E-state index < -0.39 is 27.3 Å². The maximum Gasteiger partial charge on any atom is 0.265 e. The van der Waals surface area contributed by atoms with E-state index in [-0.39, 0.29) is 10.6 Å². The Morgan fingerprint density at radius 1 is 1.08 bits per heavy atom. The molecule has 3 aromatic rings. The molecular weight excluding hydrogens is 336 g/mol. The van der Waals surface area contributed by atoms with Crippen LogP contribution >= 0.6 is 0 Å². The Morgan fingerprint density at radius 3 is 2.50 bits per heavy atom. The van der Waals surface area contributed by atoms with Crippen LogP contribution < -0.4 is 4.72 Å². The molecule has 0 amide bonds. The van der Waals surface area contributed by atoms with Crippen LogP contribution in [0.4, 0.5) is 14.5 Å². The molecule has 0 aliphatic rings. The fourth-order valence-electron chi connectivity index (χ4n) is 2.23. The van der Waals surface area contributed by atoms with Crippen LogP contribution in [0.25, 0.3) is 11.3 Å². The first-order chi connectivity index (χ1) is 11.4. The number of anilines is 1. The van der Waals surface area contributed by atoms with Crippen LogP contribution in [0.1, 0.15) is 0 Å². The van der Waals surface area contributed by atoms with Gasteiger partial charge in [0, 0.05) is 24.9 Å². The predicted octanol–water partition coefficient (Wildman–Crippen LogP) is 3.17. The summed E-state index contributed by atoms with van der Waals surface area (Å²) in [4.78, 5) is -0.125. The molecule has 2 aromatic carbocycles. The lowest BCUT2D eigenvalue weighted by Gasteiger charge is -2.09. The number of halogens is 2. The topological polar surface area (TPSA) is 64.0 Å². The molecule has 0 saturated heterocycles. The van der Waals surface area contributed by atoms with Gasteiger partial charge in [-0.05, 0) is 12.1 Å². The van der Waals surface area contributed by atoms with Gasteiger partial charge in [0.2, 0.25) is 0 Å². The van der Waals surface area contributed by atoms with E-state index >= 15 is 0 Å². The molecule has 0 atom stereocenters. The molecule has 5 nitrogen and oxygen atoms in total. The number of nitrogens with one attached hydrogen (secondary N) is 1. The van der Waals surface area contributed by atoms with Crippen LogP contribution in [0.3, 0.4) is 0 Å². The van der Waals surface area contributed by atoms with Crippen molar-refractivity contribution in [1.82, 2.24) is 9.78 Å². The summed E-state index contributed by atoms with van der Waals surface area (Å²) in [6.07, 6.45) is 1.31. The maximum absolute atomic E-state index is 13.7. The van der Waals surface area contributed by atoms with Gasteiger partial charge in [-0.3, -0.25) is 9.40 Å². The fourth-order valence-corrected chi connectivity index (χ4v) is 3.50. The Bertz CT molecular complexity index is 986. The van der Waals surface area contributed by atoms with Gasteiger partial charge in [0.25, 0.3) is 10.0 Å². The van der Waals surface area contributed by atoms with E-state index in [1.165, 1.54) is 10.9 Å². The standard InChI is InChI=1S/C16H13F2N3O2S/c1-21-10-15(16(19-21)11-5-3-2-4-6-11)24(22,23)20-14-9-12(17)7-8-13(14)18/h2-10,20H,1H3. The third-order valence-electron chi connectivity index (χ3n) is 3.30. The number of sulfonamides is 1. The van der Waals surface area contributed by atoms with Crippen molar-refractivity contribution in [3.63, 3.8) is 0 Å². The first-order valence-corrected chi connectivity index (χ1v) is 8.42. The van der Waals surface area contributed by atoms with Crippen LogP contribution in [0, 0.1) is 11.6 Å². The summed E-state index contributed by atoms with van der Waals surface area (Å²) in [5.41, 5.74) is 0.360. The number of hydrogen-bond acceptors (Lipinski definition) is 3. The number of benzene rings is 2. The molecule has 0 aliphatic heterocycles. The van der Waals surface area contributed by atoms with E-state index in [1.54, 1.807) is 37.4 Å². The van der Waals surface area contributed by atoms with Crippen molar-refractivity contribution >= 4 is 15.7 Å². The lowest BCUT2D eigenvalue weighted by Crippen LogP contribution is -2.14. The van der Waals surface area contributed by atoms with Gasteiger partial charge >= 0.3 is 0 Å². The summed E-state index contributed by atoms with van der Waals surface area (Å²) >= 11 is 0. The highest BCUT2D eigenvalue weighted by Crippen LogP contribution is 2.28. The zero-order valence-electron chi connectivity index (χ0n) is 12.6. The highest BCUT2D eigenvalue weighted by molar-refractivity contribution is 7.92. The number of hydrogen-bond donors (Lipinski definition) is 1. The molecule has 0 radical (unpaired) electrons. The Kier molecular flexibility index (Phi) is 4.06. The van der Waals surface area contributed by atoms with Crippen LogP contribution in [-0.4, -0.2) is 18.2 Å². The highest BCUT2D eigenvalue weighted by atomic mass is 32.2. The monoisotopic (exact) mass is 349 g/mol. The minimum atomic E-state index is -4.15. The zero-order valence-corrected chi connectivity index (χ0v) is 13.4. The minimum absolute atomic E-state index is 0.125. The summed E-state index contributed by atoms with van der Waals surface area (Å²) in [5, 5.41) is 4.16. The molecule has 8 heteroatoms. The van der Waals surface area contributed by atoms with Crippen molar-refractivity contribution in [1.29, 1.82) is 0 Å². The first-order valence-electron chi connectivity index (χ1n) is 6.94. The molecular formula is C16H13F2N3O2S. The van der Waals surface area contributed by atoms with E-state index in [2.05, 4.69) is 9.82 Å². The smallest absolute Gasteiger partial charge is 0.265 e. The van der Waals surface area contributed by atoms with Crippen LogP contribution in [0.5, 0.6) is 0 Å². The van der Waals surface area contributed by atoms with Gasteiger partial charge in [-0.2, -0.15) is 5.10 Å². The number of aryl methyl sites for hydroxylation is 1. The summed E-state index contributed by atoms with van der Waals surface area (Å²) < 4.78 is 55.6. The molecule has 1 N–H and O–H groups in total. The Labute approximate surface area is 137 Å². The van der Waals surface area contributed by atoms with Crippen LogP contribution in [0.15, 0.2) is 59.6 Å². The van der Waals surface area contributed by atoms with E-state index in [4.69, 9.17) is 0 Å². The Balaban J connectivity index is 2.06. The lowest BCUT2D eigenvalue weighted by molar-refractivity contribution is 0.594. The SMILES string of the molecule is Cn1cc(S(=O)(=O)Nc2cc(F)ccc2F)c(-c2ccccc2)n1. The molecule has 0 spiro atoms. The Hall–Kier alpha value is -2.74. The molecule has 24 heavy (non-hydrogen) atoms. The predicted molar refractivity (Wildman–Crippen MR) is 85.8 cm³/mol. The second-order valence-corrected chi connectivity index (χ2v) is 6.76. The zero-order chi connectivity index (χ0) is 17.3. The molecule has 0 unspecified atom stereocenters. The highest BCUT2D eigenvalue weighted by Gasteiger charge is 2.24. The second-order valence-electron chi connectivity index (χ2n) is 5.11. The van der Waals surface area contributed by atoms with E-state index in [0.29, 0.717) is 5.56 Å². The molecule has 1 heterocycles. The van der Waals surface area contributed by atoms with E-state index in [0.717, 1.165) is 18.2 Å². The fraction of sp³-hybridized carbons (Fsp3) is 0.0625. The number of nitrogens with zero attached hydrogens (tertiary/aromatic N) is 2. The van der Waals surface area contributed by atoms with Crippen molar-refractivity contribution < 1.29 is 17.2 Å². The molecule has 124 valence electrons. The van der Waals surface area contributed by atoms with Gasteiger partial charge in [-0.15, -0.1) is 0 Å². The van der Waals surface area contributed by atoms with Gasteiger partial charge in [0.05, 0.1) is 5.69 Å². The third-order valence-corrected chi connectivity index (χ3v) is 4.67. The van der Waals surface area contributed by atoms with Gasteiger partial charge < -0.3 is 0 Å². The summed E-state index contributed by atoms with van der Waals surface area (Å²) in [5.74, 6) is -1.62. The van der Waals surface area contributed by atoms with Crippen LogP contribution in [0.2, 0.25) is 0 Å². The third kappa shape index (κ3) is 3.13. The number of aromatic nitrogens is 2. The number of rotatable bonds is 4. The van der Waals surface area contributed by atoms with Gasteiger partial charge in [0.1, 0.15) is 22.2 Å².